The van der Waals surface area contributed by atoms with Crippen molar-refractivity contribution in [2.75, 3.05) is 7.05 Å². The zero-order valence-electron chi connectivity index (χ0n) is 7.79. The maximum atomic E-state index is 11.2. The van der Waals surface area contributed by atoms with Gasteiger partial charge in [0.25, 0.3) is 5.91 Å². The number of rotatable bonds is 2. The third kappa shape index (κ3) is 2.29. The first-order valence-electron chi connectivity index (χ1n) is 4.11. The fraction of sp³-hybridized carbons (Fsp3) is 0.300. The van der Waals surface area contributed by atoms with E-state index < -0.39 is 0 Å². The molecule has 0 atom stereocenters. The molecular weight excluding hydrogens is 166 g/mol. The lowest BCUT2D eigenvalue weighted by molar-refractivity contribution is 0.0963. The fourth-order valence-electron chi connectivity index (χ4n) is 1.23. The van der Waals surface area contributed by atoms with E-state index in [1.807, 2.05) is 13.0 Å². The molecule has 3 heteroatoms. The van der Waals surface area contributed by atoms with Crippen molar-refractivity contribution in [2.45, 2.75) is 13.5 Å². The molecule has 0 spiro atoms. The number of nitrogens with one attached hydrogen (secondary N) is 1. The number of carbonyl (C=O) groups is 1. The van der Waals surface area contributed by atoms with Crippen LogP contribution in [0.5, 0.6) is 0 Å². The van der Waals surface area contributed by atoms with Crippen molar-refractivity contribution in [3.8, 4) is 0 Å². The van der Waals surface area contributed by atoms with Gasteiger partial charge in [-0.05, 0) is 30.2 Å². The Hall–Kier alpha value is -1.35. The molecule has 0 aliphatic carbocycles. The molecule has 1 aromatic carbocycles. The maximum Gasteiger partial charge on any atom is 0.251 e. The normalized spacial score (nSPS) is 9.77. The summed E-state index contributed by atoms with van der Waals surface area (Å²) in [5.74, 6) is -0.126. The van der Waals surface area contributed by atoms with Crippen LogP contribution < -0.4 is 5.32 Å². The van der Waals surface area contributed by atoms with Crippen molar-refractivity contribution in [3.63, 3.8) is 0 Å². The topological polar surface area (TPSA) is 49.3 Å². The summed E-state index contributed by atoms with van der Waals surface area (Å²) in [6.07, 6.45) is 0. The van der Waals surface area contributed by atoms with Gasteiger partial charge in [0.05, 0.1) is 6.61 Å². The average Bonchev–Trinajstić information content (AvgIpc) is 2.15. The molecule has 2 N–H and O–H groups in total. The van der Waals surface area contributed by atoms with Crippen molar-refractivity contribution < 1.29 is 9.90 Å². The molecule has 0 aromatic heterocycles. The molecular formula is C10H13NO2. The van der Waals surface area contributed by atoms with E-state index in [0.29, 0.717) is 5.56 Å². The maximum absolute atomic E-state index is 11.2. The van der Waals surface area contributed by atoms with Gasteiger partial charge in [0, 0.05) is 12.6 Å². The van der Waals surface area contributed by atoms with Gasteiger partial charge >= 0.3 is 0 Å². The van der Waals surface area contributed by atoms with E-state index in [4.69, 9.17) is 5.11 Å². The van der Waals surface area contributed by atoms with Crippen molar-refractivity contribution in [1.29, 1.82) is 0 Å². The first-order chi connectivity index (χ1) is 6.17. The van der Waals surface area contributed by atoms with Gasteiger partial charge in [0.15, 0.2) is 0 Å². The van der Waals surface area contributed by atoms with Gasteiger partial charge in [-0.25, -0.2) is 0 Å². The van der Waals surface area contributed by atoms with Crippen molar-refractivity contribution >= 4 is 5.91 Å². The minimum absolute atomic E-state index is 0.0360. The molecule has 70 valence electrons. The van der Waals surface area contributed by atoms with Crippen LogP contribution in [0.4, 0.5) is 0 Å². The highest BCUT2D eigenvalue weighted by Crippen LogP contribution is 2.09. The number of benzene rings is 1. The van der Waals surface area contributed by atoms with Crippen LogP contribution in [-0.4, -0.2) is 18.1 Å². The van der Waals surface area contributed by atoms with Crippen LogP contribution >= 0.6 is 0 Å². The zero-order valence-corrected chi connectivity index (χ0v) is 7.79. The molecule has 1 aromatic rings. The zero-order chi connectivity index (χ0) is 9.84. The molecule has 0 heterocycles. The molecule has 0 unspecified atom stereocenters. The highest BCUT2D eigenvalue weighted by molar-refractivity contribution is 5.94. The molecule has 0 bridgehead atoms. The number of hydrogen-bond donors (Lipinski definition) is 2. The number of carbonyl (C=O) groups excluding carboxylic acids is 1. The molecule has 0 fully saturated rings. The number of amides is 1. The minimum Gasteiger partial charge on any atom is -0.392 e. The van der Waals surface area contributed by atoms with Crippen molar-refractivity contribution in [1.82, 2.24) is 5.32 Å². The SMILES string of the molecule is CNC(=O)c1cc(C)cc(CO)c1. The van der Waals surface area contributed by atoms with E-state index >= 15 is 0 Å². The molecule has 0 radical (unpaired) electrons. The Kier molecular flexibility index (Phi) is 3.03. The van der Waals surface area contributed by atoms with Gasteiger partial charge < -0.3 is 10.4 Å². The minimum atomic E-state index is -0.126. The number of hydrogen-bond acceptors (Lipinski definition) is 2. The lowest BCUT2D eigenvalue weighted by atomic mass is 10.1. The number of aliphatic hydroxyl groups is 1. The predicted molar refractivity (Wildman–Crippen MR) is 50.5 cm³/mol. The molecule has 0 aliphatic rings. The lowest BCUT2D eigenvalue weighted by Gasteiger charge is -2.04. The van der Waals surface area contributed by atoms with E-state index in [-0.39, 0.29) is 12.5 Å². The summed E-state index contributed by atoms with van der Waals surface area (Å²) in [7, 11) is 1.59. The number of aryl methyl sites for hydroxylation is 1. The smallest absolute Gasteiger partial charge is 0.251 e. The third-order valence-corrected chi connectivity index (χ3v) is 1.81. The summed E-state index contributed by atoms with van der Waals surface area (Å²) < 4.78 is 0. The van der Waals surface area contributed by atoms with E-state index in [1.54, 1.807) is 19.2 Å². The Bertz CT molecular complexity index is 321. The summed E-state index contributed by atoms with van der Waals surface area (Å²) in [4.78, 5) is 11.2. The van der Waals surface area contributed by atoms with E-state index in [1.165, 1.54) is 0 Å². The fourth-order valence-corrected chi connectivity index (χ4v) is 1.23. The molecule has 0 saturated carbocycles. The largest absolute Gasteiger partial charge is 0.392 e. The van der Waals surface area contributed by atoms with E-state index in [9.17, 15) is 4.79 Å². The highest BCUT2D eigenvalue weighted by Gasteiger charge is 2.04. The highest BCUT2D eigenvalue weighted by atomic mass is 16.3. The predicted octanol–water partition coefficient (Wildman–Crippen LogP) is 0.847. The molecule has 1 amide bonds. The molecule has 3 nitrogen and oxygen atoms in total. The van der Waals surface area contributed by atoms with Gasteiger partial charge in [-0.3, -0.25) is 4.79 Å². The van der Waals surface area contributed by atoms with Gasteiger partial charge in [0.1, 0.15) is 0 Å². The Morgan fingerprint density at radius 1 is 1.46 bits per heavy atom. The second-order valence-corrected chi connectivity index (χ2v) is 2.94. The second kappa shape index (κ2) is 4.05. The summed E-state index contributed by atoms with van der Waals surface area (Å²) in [6, 6.07) is 5.33. The van der Waals surface area contributed by atoms with E-state index in [2.05, 4.69) is 5.32 Å². The Labute approximate surface area is 77.4 Å². The first kappa shape index (κ1) is 9.74. The van der Waals surface area contributed by atoms with Crippen LogP contribution in [-0.2, 0) is 6.61 Å². The molecule has 0 saturated heterocycles. The van der Waals surface area contributed by atoms with Gasteiger partial charge in [-0.1, -0.05) is 6.07 Å². The second-order valence-electron chi connectivity index (χ2n) is 2.94. The molecule has 13 heavy (non-hydrogen) atoms. The van der Waals surface area contributed by atoms with Crippen molar-refractivity contribution in [2.24, 2.45) is 0 Å². The van der Waals surface area contributed by atoms with Gasteiger partial charge in [-0.15, -0.1) is 0 Å². The van der Waals surface area contributed by atoms with Crippen LogP contribution in [0, 0.1) is 6.92 Å². The van der Waals surface area contributed by atoms with Crippen LogP contribution in [0.25, 0.3) is 0 Å². The quantitative estimate of drug-likeness (QED) is 0.707. The Balaban J connectivity index is 3.08. The Morgan fingerprint density at radius 2 is 2.15 bits per heavy atom. The van der Waals surface area contributed by atoms with Crippen LogP contribution in [0.2, 0.25) is 0 Å². The lowest BCUT2D eigenvalue weighted by Crippen LogP contribution is -2.18. The van der Waals surface area contributed by atoms with Crippen LogP contribution in [0.15, 0.2) is 18.2 Å². The average molecular weight is 179 g/mol. The van der Waals surface area contributed by atoms with Crippen LogP contribution in [0.3, 0.4) is 0 Å². The third-order valence-electron chi connectivity index (χ3n) is 1.81. The number of aliphatic hydroxyl groups excluding tert-OH is 1. The standard InChI is InChI=1S/C10H13NO2/c1-7-3-8(6-12)5-9(4-7)10(13)11-2/h3-5,12H,6H2,1-2H3,(H,11,13). The van der Waals surface area contributed by atoms with Gasteiger partial charge in [-0.2, -0.15) is 0 Å². The first-order valence-corrected chi connectivity index (χ1v) is 4.11. The van der Waals surface area contributed by atoms with Crippen molar-refractivity contribution in [3.05, 3.63) is 34.9 Å². The Morgan fingerprint density at radius 3 is 2.69 bits per heavy atom. The summed E-state index contributed by atoms with van der Waals surface area (Å²) in [5.41, 5.74) is 2.33. The van der Waals surface area contributed by atoms with Gasteiger partial charge in [0.2, 0.25) is 0 Å². The van der Waals surface area contributed by atoms with E-state index in [0.717, 1.165) is 11.1 Å². The summed E-state index contributed by atoms with van der Waals surface area (Å²) in [6.45, 7) is 1.86. The summed E-state index contributed by atoms with van der Waals surface area (Å²) in [5, 5.41) is 11.4. The molecule has 0 aliphatic heterocycles. The molecule has 1 rings (SSSR count). The summed E-state index contributed by atoms with van der Waals surface area (Å²) >= 11 is 0. The monoisotopic (exact) mass is 179 g/mol. The van der Waals surface area contributed by atoms with Crippen LogP contribution in [0.1, 0.15) is 21.5 Å².